The molecule has 6 nitrogen and oxygen atoms in total. The highest BCUT2D eigenvalue weighted by molar-refractivity contribution is 8.00. The molecule has 0 bridgehead atoms. The molecule has 0 aromatic heterocycles. The molecule has 1 atom stereocenters. The number of amides is 2. The number of nitrogens with two attached hydrogens (primary N) is 1. The van der Waals surface area contributed by atoms with Gasteiger partial charge in [0.05, 0.1) is 17.6 Å². The van der Waals surface area contributed by atoms with Crippen molar-refractivity contribution < 1.29 is 14.3 Å². The fourth-order valence-corrected chi connectivity index (χ4v) is 3.65. The lowest BCUT2D eigenvalue weighted by Gasteiger charge is -2.31. The molecule has 2 amide bonds. The predicted molar refractivity (Wildman–Crippen MR) is 87.7 cm³/mol. The third-order valence-electron chi connectivity index (χ3n) is 4.08. The van der Waals surface area contributed by atoms with Gasteiger partial charge >= 0.3 is 0 Å². The summed E-state index contributed by atoms with van der Waals surface area (Å²) >= 11 is 1.29. The molecule has 0 unspecified atom stereocenters. The van der Waals surface area contributed by atoms with Crippen molar-refractivity contribution in [1.29, 1.82) is 0 Å². The molecule has 0 radical (unpaired) electrons. The lowest BCUT2D eigenvalue weighted by Crippen LogP contribution is -2.44. The van der Waals surface area contributed by atoms with Gasteiger partial charge < -0.3 is 20.3 Å². The van der Waals surface area contributed by atoms with Crippen molar-refractivity contribution >= 4 is 23.6 Å². The number of ether oxygens (including phenoxy) is 1. The van der Waals surface area contributed by atoms with Crippen LogP contribution in [0.25, 0.3) is 0 Å². The zero-order chi connectivity index (χ0) is 15.8. The Bertz CT molecular complexity index is 375. The number of likely N-dealkylation sites (tertiary alicyclic amines) is 1. The number of rotatable bonds is 6. The Morgan fingerprint density at radius 2 is 1.86 bits per heavy atom. The smallest absolute Gasteiger partial charge is 0.232 e. The summed E-state index contributed by atoms with van der Waals surface area (Å²) in [5, 5.41) is 0. The second-order valence-corrected chi connectivity index (χ2v) is 6.99. The van der Waals surface area contributed by atoms with Gasteiger partial charge in [-0.2, -0.15) is 0 Å². The highest BCUT2D eigenvalue weighted by Crippen LogP contribution is 2.14. The number of hydrogen-bond donors (Lipinski definition) is 1. The lowest BCUT2D eigenvalue weighted by molar-refractivity contribution is -0.129. The van der Waals surface area contributed by atoms with Gasteiger partial charge in [-0.25, -0.2) is 0 Å². The first-order valence-electron chi connectivity index (χ1n) is 8.13. The number of carbonyl (C=O) groups excluding carboxylic acids is 2. The summed E-state index contributed by atoms with van der Waals surface area (Å²) in [5.41, 5.74) is 5.10. The van der Waals surface area contributed by atoms with Crippen LogP contribution in [0.4, 0.5) is 0 Å². The van der Waals surface area contributed by atoms with Gasteiger partial charge in [0.1, 0.15) is 0 Å². The number of piperidine rings is 1. The van der Waals surface area contributed by atoms with Gasteiger partial charge in [0.25, 0.3) is 0 Å². The average Bonchev–Trinajstić information content (AvgIpc) is 2.73. The van der Waals surface area contributed by atoms with Gasteiger partial charge in [0.15, 0.2) is 0 Å². The van der Waals surface area contributed by atoms with E-state index >= 15 is 0 Å². The SMILES string of the molecule is NC(=O)CSCC(=O)N1CCCO[C@H](CN2CCCCC2)C1. The van der Waals surface area contributed by atoms with Gasteiger partial charge in [-0.1, -0.05) is 6.42 Å². The van der Waals surface area contributed by atoms with Crippen molar-refractivity contribution in [3.63, 3.8) is 0 Å². The summed E-state index contributed by atoms with van der Waals surface area (Å²) in [4.78, 5) is 27.3. The molecule has 0 aromatic rings. The van der Waals surface area contributed by atoms with Crippen molar-refractivity contribution in [1.82, 2.24) is 9.80 Å². The van der Waals surface area contributed by atoms with Crippen LogP contribution in [0.1, 0.15) is 25.7 Å². The molecule has 2 aliphatic heterocycles. The Hall–Kier alpha value is -0.790. The molecule has 2 N–H and O–H groups in total. The van der Waals surface area contributed by atoms with E-state index in [1.807, 2.05) is 4.90 Å². The van der Waals surface area contributed by atoms with E-state index in [-0.39, 0.29) is 23.7 Å². The van der Waals surface area contributed by atoms with Crippen LogP contribution in [0.5, 0.6) is 0 Å². The van der Waals surface area contributed by atoms with E-state index in [0.29, 0.717) is 12.3 Å². The van der Waals surface area contributed by atoms with Crippen molar-refractivity contribution in [2.24, 2.45) is 5.73 Å². The Labute approximate surface area is 136 Å². The Kier molecular flexibility index (Phi) is 7.48. The number of carbonyl (C=O) groups is 2. The van der Waals surface area contributed by atoms with E-state index in [9.17, 15) is 9.59 Å². The number of primary amides is 1. The summed E-state index contributed by atoms with van der Waals surface area (Å²) in [6.45, 7) is 5.32. The molecule has 0 aromatic carbocycles. The second-order valence-electron chi connectivity index (χ2n) is 6.01. The van der Waals surface area contributed by atoms with Gasteiger partial charge in [-0.3, -0.25) is 9.59 Å². The fraction of sp³-hybridized carbons (Fsp3) is 0.867. The molecule has 126 valence electrons. The zero-order valence-electron chi connectivity index (χ0n) is 13.2. The maximum Gasteiger partial charge on any atom is 0.232 e. The van der Waals surface area contributed by atoms with Crippen molar-refractivity contribution in [3.05, 3.63) is 0 Å². The third kappa shape index (κ3) is 6.14. The minimum Gasteiger partial charge on any atom is -0.375 e. The first kappa shape index (κ1) is 17.6. The molecule has 2 saturated heterocycles. The van der Waals surface area contributed by atoms with Crippen LogP contribution in [0.15, 0.2) is 0 Å². The van der Waals surface area contributed by atoms with Crippen LogP contribution >= 0.6 is 11.8 Å². The first-order chi connectivity index (χ1) is 10.6. The summed E-state index contributed by atoms with van der Waals surface area (Å²) < 4.78 is 5.91. The van der Waals surface area contributed by atoms with E-state index in [2.05, 4.69) is 4.90 Å². The summed E-state index contributed by atoms with van der Waals surface area (Å²) in [6, 6.07) is 0. The van der Waals surface area contributed by atoms with E-state index in [4.69, 9.17) is 10.5 Å². The van der Waals surface area contributed by atoms with Crippen LogP contribution in [0, 0.1) is 0 Å². The normalized spacial score (nSPS) is 24.0. The third-order valence-corrected chi connectivity index (χ3v) is 5.02. The van der Waals surface area contributed by atoms with Crippen LogP contribution in [-0.2, 0) is 14.3 Å². The topological polar surface area (TPSA) is 75.9 Å². The van der Waals surface area contributed by atoms with Gasteiger partial charge in [0, 0.05) is 26.2 Å². The first-order valence-corrected chi connectivity index (χ1v) is 9.28. The minimum atomic E-state index is -0.375. The standard InChI is InChI=1S/C15H27N3O3S/c16-14(19)11-22-12-15(20)18-7-4-8-21-13(10-18)9-17-5-2-1-3-6-17/h13H,1-12H2,(H2,16,19)/t13-/m1/s1. The molecule has 7 heteroatoms. The highest BCUT2D eigenvalue weighted by atomic mass is 32.2. The maximum atomic E-state index is 12.3. The van der Waals surface area contributed by atoms with Crippen LogP contribution in [-0.4, -0.2) is 78.6 Å². The molecule has 2 rings (SSSR count). The summed E-state index contributed by atoms with van der Waals surface area (Å²) in [7, 11) is 0. The summed E-state index contributed by atoms with van der Waals surface area (Å²) in [6.07, 6.45) is 4.83. The van der Waals surface area contributed by atoms with E-state index in [1.54, 1.807) is 0 Å². The Morgan fingerprint density at radius 1 is 1.09 bits per heavy atom. The van der Waals surface area contributed by atoms with Crippen molar-refractivity contribution in [3.8, 4) is 0 Å². The van der Waals surface area contributed by atoms with E-state index < -0.39 is 0 Å². The number of nitrogens with zero attached hydrogens (tertiary/aromatic N) is 2. The van der Waals surface area contributed by atoms with E-state index in [0.717, 1.165) is 39.2 Å². The van der Waals surface area contributed by atoms with Gasteiger partial charge in [-0.05, 0) is 32.4 Å². The minimum absolute atomic E-state index is 0.0837. The second kappa shape index (κ2) is 9.37. The van der Waals surface area contributed by atoms with Crippen LogP contribution < -0.4 is 5.73 Å². The molecule has 22 heavy (non-hydrogen) atoms. The fourth-order valence-electron chi connectivity index (χ4n) is 2.99. The zero-order valence-corrected chi connectivity index (χ0v) is 14.0. The predicted octanol–water partition coefficient (Wildman–Crippen LogP) is 0.308. The molecule has 0 spiro atoms. The van der Waals surface area contributed by atoms with Gasteiger partial charge in [0.2, 0.25) is 11.8 Å². The number of thioether (sulfide) groups is 1. The van der Waals surface area contributed by atoms with Crippen molar-refractivity contribution in [2.45, 2.75) is 31.8 Å². The monoisotopic (exact) mass is 329 g/mol. The van der Waals surface area contributed by atoms with Crippen LogP contribution in [0.3, 0.4) is 0 Å². The van der Waals surface area contributed by atoms with Crippen LogP contribution in [0.2, 0.25) is 0 Å². The quantitative estimate of drug-likeness (QED) is 0.759. The van der Waals surface area contributed by atoms with Gasteiger partial charge in [-0.15, -0.1) is 11.8 Å². The Balaban J connectivity index is 1.78. The summed E-state index contributed by atoms with van der Waals surface area (Å²) in [5.74, 6) is 0.229. The lowest BCUT2D eigenvalue weighted by atomic mass is 10.1. The molecular formula is C15H27N3O3S. The largest absolute Gasteiger partial charge is 0.375 e. The van der Waals surface area contributed by atoms with E-state index in [1.165, 1.54) is 31.0 Å². The molecule has 2 aliphatic rings. The number of hydrogen-bond acceptors (Lipinski definition) is 5. The maximum absolute atomic E-state index is 12.3. The molecule has 0 aliphatic carbocycles. The highest BCUT2D eigenvalue weighted by Gasteiger charge is 2.24. The van der Waals surface area contributed by atoms with Crippen molar-refractivity contribution in [2.75, 3.05) is 50.8 Å². The Morgan fingerprint density at radius 3 is 2.59 bits per heavy atom. The average molecular weight is 329 g/mol. The molecule has 0 saturated carbocycles. The molecule has 2 heterocycles. The molecule has 2 fully saturated rings. The molecular weight excluding hydrogens is 302 g/mol.